The van der Waals surface area contributed by atoms with Gasteiger partial charge in [0.05, 0.1) is 17.9 Å². The Morgan fingerprint density at radius 1 is 1.08 bits per heavy atom. The van der Waals surface area contributed by atoms with Crippen LogP contribution in [0.4, 0.5) is 0 Å². The third kappa shape index (κ3) is 3.65. The molecule has 3 nitrogen and oxygen atoms in total. The van der Waals surface area contributed by atoms with E-state index in [2.05, 4.69) is 47.4 Å². The lowest BCUT2D eigenvalue weighted by Crippen LogP contribution is -2.35. The quantitative estimate of drug-likeness (QED) is 0.695. The molecule has 2 aromatic rings. The van der Waals surface area contributed by atoms with Crippen molar-refractivity contribution in [3.05, 3.63) is 82.9 Å². The van der Waals surface area contributed by atoms with E-state index in [4.69, 9.17) is 9.47 Å². The molecule has 0 aliphatic carbocycles. The SMILES string of the molecule is COc1ccccc1/C=C/c1ccc(OC2CSC3=CC=CCN32)cc1. The molecule has 2 heterocycles. The van der Waals surface area contributed by atoms with Crippen LogP contribution in [0.15, 0.2) is 71.8 Å². The zero-order valence-electron chi connectivity index (χ0n) is 14.7. The fraction of sp³-hybridized carbons (Fsp3) is 0.182. The monoisotopic (exact) mass is 363 g/mol. The molecule has 1 atom stereocenters. The van der Waals surface area contributed by atoms with Gasteiger partial charge < -0.3 is 14.4 Å². The standard InChI is InChI=1S/C22H21NO2S/c1-24-20-7-3-2-6-18(20)12-9-17-10-13-19(14-11-17)25-21-16-26-22-8-4-5-15-23(21)22/h2-14,21H,15-16H2,1H3/b12-9+. The average molecular weight is 363 g/mol. The maximum absolute atomic E-state index is 6.19. The van der Waals surface area contributed by atoms with E-state index in [1.54, 1.807) is 7.11 Å². The summed E-state index contributed by atoms with van der Waals surface area (Å²) in [5.74, 6) is 2.74. The van der Waals surface area contributed by atoms with E-state index in [1.807, 2.05) is 48.2 Å². The van der Waals surface area contributed by atoms with Crippen molar-refractivity contribution in [2.24, 2.45) is 0 Å². The minimum atomic E-state index is 0.103. The van der Waals surface area contributed by atoms with E-state index < -0.39 is 0 Å². The summed E-state index contributed by atoms with van der Waals surface area (Å²) in [4.78, 5) is 2.31. The zero-order valence-corrected chi connectivity index (χ0v) is 15.5. The summed E-state index contributed by atoms with van der Waals surface area (Å²) in [5, 5.41) is 1.30. The minimum Gasteiger partial charge on any atom is -0.496 e. The first-order valence-electron chi connectivity index (χ1n) is 8.67. The molecule has 0 bridgehead atoms. The van der Waals surface area contributed by atoms with Gasteiger partial charge in [-0.2, -0.15) is 0 Å². The number of nitrogens with zero attached hydrogens (tertiary/aromatic N) is 1. The molecule has 2 aromatic carbocycles. The second-order valence-corrected chi connectivity index (χ2v) is 7.15. The Morgan fingerprint density at radius 3 is 2.77 bits per heavy atom. The van der Waals surface area contributed by atoms with Crippen molar-refractivity contribution in [1.82, 2.24) is 4.90 Å². The van der Waals surface area contributed by atoms with Crippen LogP contribution in [0.1, 0.15) is 11.1 Å². The molecule has 4 rings (SSSR count). The molecule has 2 aliphatic rings. The summed E-state index contributed by atoms with van der Waals surface area (Å²) in [6.07, 6.45) is 10.7. The Balaban J connectivity index is 1.42. The van der Waals surface area contributed by atoms with Crippen LogP contribution in [0.5, 0.6) is 11.5 Å². The van der Waals surface area contributed by atoms with Gasteiger partial charge >= 0.3 is 0 Å². The number of hydrogen-bond donors (Lipinski definition) is 0. The van der Waals surface area contributed by atoms with Crippen molar-refractivity contribution < 1.29 is 9.47 Å². The Hall–Kier alpha value is -2.59. The Kier molecular flexibility index (Phi) is 5.02. The summed E-state index contributed by atoms with van der Waals surface area (Å²) in [6.45, 7) is 0.920. The fourth-order valence-corrected chi connectivity index (χ4v) is 4.14. The van der Waals surface area contributed by atoms with Gasteiger partial charge in [0.25, 0.3) is 0 Å². The lowest BCUT2D eigenvalue weighted by atomic mass is 10.1. The van der Waals surface area contributed by atoms with Crippen LogP contribution in [-0.2, 0) is 0 Å². The number of rotatable bonds is 5. The molecule has 0 N–H and O–H groups in total. The lowest BCUT2D eigenvalue weighted by Gasteiger charge is -2.27. The van der Waals surface area contributed by atoms with E-state index in [-0.39, 0.29) is 6.23 Å². The topological polar surface area (TPSA) is 21.7 Å². The smallest absolute Gasteiger partial charge is 0.182 e. The number of hydrogen-bond acceptors (Lipinski definition) is 4. The third-order valence-corrected chi connectivity index (χ3v) is 5.55. The fourth-order valence-electron chi connectivity index (χ4n) is 3.05. The van der Waals surface area contributed by atoms with Gasteiger partial charge in [-0.05, 0) is 29.8 Å². The van der Waals surface area contributed by atoms with Crippen LogP contribution in [0, 0.1) is 0 Å². The molecule has 0 amide bonds. The molecule has 0 spiro atoms. The summed E-state index contributed by atoms with van der Waals surface area (Å²) >= 11 is 1.85. The summed E-state index contributed by atoms with van der Waals surface area (Å²) < 4.78 is 11.6. The highest BCUT2D eigenvalue weighted by Crippen LogP contribution is 2.35. The van der Waals surface area contributed by atoms with Crippen LogP contribution >= 0.6 is 11.8 Å². The van der Waals surface area contributed by atoms with Crippen LogP contribution in [-0.4, -0.2) is 30.5 Å². The Labute approximate surface area is 158 Å². The highest BCUT2D eigenvalue weighted by Gasteiger charge is 2.30. The molecule has 0 radical (unpaired) electrons. The van der Waals surface area contributed by atoms with Gasteiger partial charge in [0, 0.05) is 12.1 Å². The van der Waals surface area contributed by atoms with Gasteiger partial charge in [0.1, 0.15) is 11.5 Å². The van der Waals surface area contributed by atoms with Gasteiger partial charge in [-0.25, -0.2) is 0 Å². The van der Waals surface area contributed by atoms with Gasteiger partial charge in [-0.15, -0.1) is 11.8 Å². The summed E-state index contributed by atoms with van der Waals surface area (Å²) in [5.41, 5.74) is 2.20. The molecule has 26 heavy (non-hydrogen) atoms. The highest BCUT2D eigenvalue weighted by molar-refractivity contribution is 8.03. The maximum atomic E-state index is 6.19. The van der Waals surface area contributed by atoms with Crippen molar-refractivity contribution in [2.45, 2.75) is 6.23 Å². The first kappa shape index (κ1) is 16.9. The number of methoxy groups -OCH3 is 1. The third-order valence-electron chi connectivity index (χ3n) is 4.43. The van der Waals surface area contributed by atoms with Crippen LogP contribution in [0.3, 0.4) is 0 Å². The van der Waals surface area contributed by atoms with Crippen molar-refractivity contribution >= 4 is 23.9 Å². The Bertz CT molecular complexity index is 855. The number of benzene rings is 2. The zero-order chi connectivity index (χ0) is 17.8. The van der Waals surface area contributed by atoms with Gasteiger partial charge in [0.2, 0.25) is 0 Å². The van der Waals surface area contributed by atoms with E-state index in [0.29, 0.717) is 0 Å². The number of allylic oxidation sites excluding steroid dienone is 2. The highest BCUT2D eigenvalue weighted by atomic mass is 32.2. The summed E-state index contributed by atoms with van der Waals surface area (Å²) in [6, 6.07) is 16.2. The number of thioether (sulfide) groups is 1. The van der Waals surface area contributed by atoms with Gasteiger partial charge in [0.15, 0.2) is 6.23 Å². The minimum absolute atomic E-state index is 0.103. The second-order valence-electron chi connectivity index (χ2n) is 6.11. The number of fused-ring (bicyclic) bond motifs is 1. The molecule has 1 saturated heterocycles. The van der Waals surface area contributed by atoms with E-state index in [0.717, 1.165) is 34.9 Å². The predicted molar refractivity (Wildman–Crippen MR) is 109 cm³/mol. The molecular formula is C22H21NO2S. The van der Waals surface area contributed by atoms with Gasteiger partial charge in [-0.1, -0.05) is 54.6 Å². The predicted octanol–water partition coefficient (Wildman–Crippen LogP) is 5.03. The average Bonchev–Trinajstić information content (AvgIpc) is 3.11. The maximum Gasteiger partial charge on any atom is 0.182 e. The normalized spacial score (nSPS) is 18.7. The Morgan fingerprint density at radius 2 is 1.92 bits per heavy atom. The van der Waals surface area contributed by atoms with E-state index in [1.165, 1.54) is 5.03 Å². The molecule has 1 fully saturated rings. The summed E-state index contributed by atoms with van der Waals surface area (Å²) in [7, 11) is 1.69. The van der Waals surface area contributed by atoms with Crippen molar-refractivity contribution in [3.63, 3.8) is 0 Å². The van der Waals surface area contributed by atoms with E-state index in [9.17, 15) is 0 Å². The van der Waals surface area contributed by atoms with E-state index >= 15 is 0 Å². The molecule has 2 aliphatic heterocycles. The molecule has 0 aromatic heterocycles. The van der Waals surface area contributed by atoms with Crippen LogP contribution in [0.2, 0.25) is 0 Å². The second kappa shape index (κ2) is 7.75. The largest absolute Gasteiger partial charge is 0.496 e. The molecule has 0 saturated carbocycles. The first-order chi connectivity index (χ1) is 12.8. The van der Waals surface area contributed by atoms with Crippen LogP contribution in [0.25, 0.3) is 12.2 Å². The first-order valence-corrected chi connectivity index (χ1v) is 9.66. The molecule has 1 unspecified atom stereocenters. The van der Waals surface area contributed by atoms with Gasteiger partial charge in [-0.3, -0.25) is 0 Å². The number of ether oxygens (including phenoxy) is 2. The van der Waals surface area contributed by atoms with Crippen molar-refractivity contribution in [2.75, 3.05) is 19.4 Å². The van der Waals surface area contributed by atoms with Crippen molar-refractivity contribution in [1.29, 1.82) is 0 Å². The van der Waals surface area contributed by atoms with Crippen LogP contribution < -0.4 is 9.47 Å². The molecule has 132 valence electrons. The van der Waals surface area contributed by atoms with Crippen molar-refractivity contribution in [3.8, 4) is 11.5 Å². The lowest BCUT2D eigenvalue weighted by molar-refractivity contribution is 0.0946. The molecule has 4 heteroatoms. The number of para-hydroxylation sites is 1. The molecular weight excluding hydrogens is 342 g/mol.